The van der Waals surface area contributed by atoms with Crippen LogP contribution in [0.4, 0.5) is 24.8 Å². The maximum absolute atomic E-state index is 13.9. The summed E-state index contributed by atoms with van der Waals surface area (Å²) < 4.78 is 47.2. The third kappa shape index (κ3) is 5.39. The second-order valence-electron chi connectivity index (χ2n) is 10.8. The molecule has 9 heteroatoms. The number of likely N-dealkylation sites (tertiary alicyclic amines) is 1. The van der Waals surface area contributed by atoms with Gasteiger partial charge in [0, 0.05) is 52.0 Å². The highest BCUT2D eigenvalue weighted by Gasteiger charge is 2.43. The van der Waals surface area contributed by atoms with Crippen LogP contribution in [0.15, 0.2) is 6.07 Å². The van der Waals surface area contributed by atoms with Crippen molar-refractivity contribution in [2.24, 2.45) is 23.7 Å². The topological polar surface area (TPSA) is 53.5 Å². The number of nitrogens with zero attached hydrogens (tertiary/aromatic N) is 4. The van der Waals surface area contributed by atoms with Gasteiger partial charge in [-0.05, 0) is 68.3 Å². The molecule has 1 saturated carbocycles. The number of halogens is 3. The summed E-state index contributed by atoms with van der Waals surface area (Å²) >= 11 is 0. The Morgan fingerprint density at radius 2 is 1.79 bits per heavy atom. The van der Waals surface area contributed by atoms with Gasteiger partial charge in [-0.15, -0.1) is 10.2 Å². The maximum atomic E-state index is 13.9. The number of ether oxygens (including phenoxy) is 1. The van der Waals surface area contributed by atoms with Crippen LogP contribution in [0.25, 0.3) is 0 Å². The first-order valence-electron chi connectivity index (χ1n) is 12.6. The Labute approximate surface area is 194 Å². The summed E-state index contributed by atoms with van der Waals surface area (Å²) in [5.41, 5.74) is -0.691. The smallest absolute Gasteiger partial charge is 0.381 e. The molecule has 184 valence electrons. The van der Waals surface area contributed by atoms with E-state index in [2.05, 4.69) is 27.3 Å². The highest BCUT2D eigenvalue weighted by Crippen LogP contribution is 2.42. The molecule has 4 atom stereocenters. The third-order valence-corrected chi connectivity index (χ3v) is 8.09. The number of piperidine rings is 1. The summed E-state index contributed by atoms with van der Waals surface area (Å²) in [4.78, 5) is 4.50. The lowest BCUT2D eigenvalue weighted by Crippen LogP contribution is -2.35. The molecule has 4 aliphatic rings. The molecule has 4 heterocycles. The number of alkyl halides is 3. The predicted molar refractivity (Wildman–Crippen MR) is 121 cm³/mol. The molecule has 0 amide bonds. The number of rotatable bonds is 5. The van der Waals surface area contributed by atoms with Gasteiger partial charge in [0.1, 0.15) is 5.56 Å². The van der Waals surface area contributed by atoms with Gasteiger partial charge < -0.3 is 19.9 Å². The van der Waals surface area contributed by atoms with Crippen molar-refractivity contribution in [3.8, 4) is 0 Å². The van der Waals surface area contributed by atoms with E-state index in [4.69, 9.17) is 4.74 Å². The first-order chi connectivity index (χ1) is 15.8. The van der Waals surface area contributed by atoms with E-state index in [-0.39, 0.29) is 11.9 Å². The molecule has 0 radical (unpaired) electrons. The van der Waals surface area contributed by atoms with Gasteiger partial charge in [-0.3, -0.25) is 0 Å². The van der Waals surface area contributed by atoms with Crippen molar-refractivity contribution in [2.75, 3.05) is 56.2 Å². The standard InChI is InChI=1S/C24H36F3N5O/c1-16-3-2-6-32(12-16)22-11-21(24(25,26)27)23(30-29-22)28-20-9-18-14-31(15-19(18)10-20)13-17-4-7-33-8-5-17/h11,16-20H,2-10,12-15H2,1H3,(H,28,30)/t16-,18-,19+,20+/m0/s1. The van der Waals surface area contributed by atoms with Crippen molar-refractivity contribution in [1.29, 1.82) is 0 Å². The number of hydrogen-bond donors (Lipinski definition) is 1. The van der Waals surface area contributed by atoms with Crippen LogP contribution >= 0.6 is 0 Å². The average molecular weight is 468 g/mol. The van der Waals surface area contributed by atoms with Crippen molar-refractivity contribution in [3.63, 3.8) is 0 Å². The highest BCUT2D eigenvalue weighted by molar-refractivity contribution is 5.53. The fourth-order valence-electron chi connectivity index (χ4n) is 6.41. The van der Waals surface area contributed by atoms with Gasteiger partial charge in [-0.1, -0.05) is 6.92 Å². The predicted octanol–water partition coefficient (Wildman–Crippen LogP) is 4.28. The van der Waals surface area contributed by atoms with Crippen molar-refractivity contribution in [3.05, 3.63) is 11.6 Å². The summed E-state index contributed by atoms with van der Waals surface area (Å²) in [5.74, 6) is 2.51. The van der Waals surface area contributed by atoms with Crippen LogP contribution in [-0.4, -0.2) is 67.1 Å². The monoisotopic (exact) mass is 467 g/mol. The fraction of sp³-hybridized carbons (Fsp3) is 0.833. The summed E-state index contributed by atoms with van der Waals surface area (Å²) in [6.07, 6.45) is 1.71. The molecule has 3 aliphatic heterocycles. The van der Waals surface area contributed by atoms with Gasteiger partial charge in [0.2, 0.25) is 0 Å². The second-order valence-corrected chi connectivity index (χ2v) is 10.8. The summed E-state index contributed by atoms with van der Waals surface area (Å²) in [5, 5.41) is 11.4. The zero-order valence-electron chi connectivity index (χ0n) is 19.5. The molecule has 1 aliphatic carbocycles. The van der Waals surface area contributed by atoms with Crippen LogP contribution in [0.3, 0.4) is 0 Å². The zero-order chi connectivity index (χ0) is 23.0. The van der Waals surface area contributed by atoms with Crippen LogP contribution in [0.2, 0.25) is 0 Å². The summed E-state index contributed by atoms with van der Waals surface area (Å²) in [6, 6.07) is 1.22. The molecule has 6 nitrogen and oxygen atoms in total. The van der Waals surface area contributed by atoms with Crippen LogP contribution in [0.5, 0.6) is 0 Å². The summed E-state index contributed by atoms with van der Waals surface area (Å²) in [7, 11) is 0. The molecular weight excluding hydrogens is 431 g/mol. The van der Waals surface area contributed by atoms with Gasteiger partial charge in [-0.25, -0.2) is 0 Å². The van der Waals surface area contributed by atoms with E-state index in [0.717, 1.165) is 90.4 Å². The van der Waals surface area contributed by atoms with E-state index >= 15 is 0 Å². The van der Waals surface area contributed by atoms with E-state index in [1.807, 2.05) is 4.90 Å². The number of fused-ring (bicyclic) bond motifs is 1. The van der Waals surface area contributed by atoms with Crippen LogP contribution in [0.1, 0.15) is 51.0 Å². The SMILES string of the molecule is C[C@H]1CCCN(c2cc(C(F)(F)F)c(N[C@H]3C[C@@H]4CN(CC5CCOCC5)C[C@@H]4C3)nn2)C1. The number of nitrogens with one attached hydrogen (secondary N) is 1. The lowest BCUT2D eigenvalue weighted by atomic mass is 10.00. The molecule has 4 fully saturated rings. The second kappa shape index (κ2) is 9.56. The lowest BCUT2D eigenvalue weighted by molar-refractivity contribution is -0.137. The molecule has 5 rings (SSSR count). The first-order valence-corrected chi connectivity index (χ1v) is 12.6. The minimum atomic E-state index is -4.45. The van der Waals surface area contributed by atoms with Crippen molar-refractivity contribution >= 4 is 11.6 Å². The van der Waals surface area contributed by atoms with Crippen LogP contribution in [0, 0.1) is 23.7 Å². The minimum absolute atomic E-state index is 0.0292. The summed E-state index contributed by atoms with van der Waals surface area (Å²) in [6.45, 7) is 8.59. The molecule has 1 aromatic rings. The zero-order valence-corrected chi connectivity index (χ0v) is 19.5. The molecule has 0 bridgehead atoms. The Morgan fingerprint density at radius 3 is 2.45 bits per heavy atom. The van der Waals surface area contributed by atoms with Crippen LogP contribution in [-0.2, 0) is 10.9 Å². The maximum Gasteiger partial charge on any atom is 0.420 e. The van der Waals surface area contributed by atoms with Crippen LogP contribution < -0.4 is 10.2 Å². The Bertz CT molecular complexity index is 802. The molecule has 0 unspecified atom stereocenters. The molecule has 0 spiro atoms. The molecule has 0 aromatic carbocycles. The molecular formula is C24H36F3N5O. The Hall–Kier alpha value is -1.61. The Morgan fingerprint density at radius 1 is 1.06 bits per heavy atom. The molecule has 1 N–H and O–H groups in total. The third-order valence-electron chi connectivity index (χ3n) is 8.09. The average Bonchev–Trinajstić information content (AvgIpc) is 3.32. The van der Waals surface area contributed by atoms with E-state index in [0.29, 0.717) is 23.6 Å². The molecule has 3 saturated heterocycles. The van der Waals surface area contributed by atoms with Gasteiger partial charge in [0.05, 0.1) is 0 Å². The van der Waals surface area contributed by atoms with E-state index in [9.17, 15) is 13.2 Å². The molecule has 1 aromatic heterocycles. The number of hydrogen-bond acceptors (Lipinski definition) is 6. The first kappa shape index (κ1) is 23.1. The van der Waals surface area contributed by atoms with E-state index in [1.165, 1.54) is 6.07 Å². The van der Waals surface area contributed by atoms with Gasteiger partial charge in [0.15, 0.2) is 11.6 Å². The normalized spacial score (nSPS) is 31.7. The van der Waals surface area contributed by atoms with Gasteiger partial charge in [-0.2, -0.15) is 13.2 Å². The van der Waals surface area contributed by atoms with Crippen molar-refractivity contribution < 1.29 is 17.9 Å². The van der Waals surface area contributed by atoms with Gasteiger partial charge in [0.25, 0.3) is 0 Å². The largest absolute Gasteiger partial charge is 0.420 e. The number of anilines is 2. The molecule has 33 heavy (non-hydrogen) atoms. The van der Waals surface area contributed by atoms with Crippen molar-refractivity contribution in [2.45, 2.75) is 57.7 Å². The highest BCUT2D eigenvalue weighted by atomic mass is 19.4. The minimum Gasteiger partial charge on any atom is -0.381 e. The number of aromatic nitrogens is 2. The Balaban J connectivity index is 1.21. The Kier molecular flexibility index (Phi) is 6.71. The fourth-order valence-corrected chi connectivity index (χ4v) is 6.41. The quantitative estimate of drug-likeness (QED) is 0.698. The van der Waals surface area contributed by atoms with E-state index < -0.39 is 11.7 Å². The van der Waals surface area contributed by atoms with E-state index in [1.54, 1.807) is 0 Å². The lowest BCUT2D eigenvalue weighted by Gasteiger charge is -2.32. The van der Waals surface area contributed by atoms with Crippen molar-refractivity contribution in [1.82, 2.24) is 15.1 Å². The van der Waals surface area contributed by atoms with Gasteiger partial charge >= 0.3 is 6.18 Å².